The van der Waals surface area contributed by atoms with Crippen LogP contribution in [0.1, 0.15) is 32.6 Å². The van der Waals surface area contributed by atoms with Crippen LogP contribution >= 0.6 is 0 Å². The molecule has 2 aliphatic rings. The number of ether oxygens (including phenoxy) is 2. The lowest BCUT2D eigenvalue weighted by Crippen LogP contribution is -2.55. The number of hydrogen-bond acceptors (Lipinski definition) is 8. The van der Waals surface area contributed by atoms with E-state index >= 15 is 0 Å². The molecule has 0 saturated heterocycles. The minimum absolute atomic E-state index is 0.0412. The van der Waals surface area contributed by atoms with Crippen molar-refractivity contribution in [3.8, 4) is 11.5 Å². The first-order valence-electron chi connectivity index (χ1n) is 13.8. The number of halogens is 4. The van der Waals surface area contributed by atoms with Gasteiger partial charge in [-0.15, -0.1) is 0 Å². The summed E-state index contributed by atoms with van der Waals surface area (Å²) in [5.74, 6) is -0.802. The second-order valence-corrected chi connectivity index (χ2v) is 10.7. The average molecular weight is 600 g/mol. The standard InChI is InChI=1S/C29H29F4N7O3/c1-15-27(41)40(20-8-9-23(42-2)24(12-20)43-3)22-14-34-28(36-18-10-16-13-35-38-25(16)21(30)11-18)37-26(22)39(15)19-6-4-17(5-7-19)29(31,32)33/h8-15,17,19H,4-7H2,1-3H3,(H,35,38)(H,34,36,37)/t15-,17-,19-/m1/s1. The molecule has 226 valence electrons. The number of rotatable bonds is 6. The summed E-state index contributed by atoms with van der Waals surface area (Å²) in [5.41, 5.74) is 1.47. The SMILES string of the molecule is COc1ccc(N2C(=O)[C@@H](C)N([C@H]3CC[C@H](C(F)(F)F)CC3)c3nc(Nc4cc(F)c5[nH]ncc5c4)ncc32)cc1OC. The Kier molecular flexibility index (Phi) is 7.22. The molecule has 0 unspecified atom stereocenters. The number of aromatic nitrogens is 4. The highest BCUT2D eigenvalue weighted by Gasteiger charge is 2.46. The van der Waals surface area contributed by atoms with E-state index in [0.717, 1.165) is 0 Å². The van der Waals surface area contributed by atoms with Crippen LogP contribution in [0.25, 0.3) is 10.9 Å². The maximum atomic E-state index is 14.6. The normalized spacial score (nSPS) is 20.7. The number of fused-ring (bicyclic) bond motifs is 2. The molecule has 1 atom stereocenters. The summed E-state index contributed by atoms with van der Waals surface area (Å²) in [4.78, 5) is 26.4. The van der Waals surface area contributed by atoms with E-state index in [-0.39, 0.29) is 49.1 Å². The molecule has 1 saturated carbocycles. The van der Waals surface area contributed by atoms with Crippen molar-refractivity contribution in [1.82, 2.24) is 20.2 Å². The van der Waals surface area contributed by atoms with Crippen LogP contribution in [0.15, 0.2) is 42.7 Å². The van der Waals surface area contributed by atoms with Crippen LogP contribution in [0.5, 0.6) is 11.5 Å². The van der Waals surface area contributed by atoms with E-state index < -0.39 is 24.0 Å². The minimum atomic E-state index is -4.26. The molecule has 0 radical (unpaired) electrons. The number of amides is 1. The number of H-pyrrole nitrogens is 1. The number of carbonyl (C=O) groups is 1. The fourth-order valence-electron chi connectivity index (χ4n) is 6.00. The molecule has 0 bridgehead atoms. The highest BCUT2D eigenvalue weighted by molar-refractivity contribution is 6.10. The summed E-state index contributed by atoms with van der Waals surface area (Å²) in [6.07, 6.45) is -0.891. The smallest absolute Gasteiger partial charge is 0.391 e. The lowest BCUT2D eigenvalue weighted by molar-refractivity contribution is -0.182. The van der Waals surface area contributed by atoms with Crippen LogP contribution in [0, 0.1) is 11.7 Å². The molecule has 6 rings (SSSR count). The molecule has 2 N–H and O–H groups in total. The van der Waals surface area contributed by atoms with Gasteiger partial charge in [0.2, 0.25) is 5.95 Å². The first-order chi connectivity index (χ1) is 20.6. The zero-order valence-electron chi connectivity index (χ0n) is 23.6. The van der Waals surface area contributed by atoms with E-state index in [2.05, 4.69) is 20.5 Å². The van der Waals surface area contributed by atoms with E-state index in [1.165, 1.54) is 37.6 Å². The van der Waals surface area contributed by atoms with Crippen LogP contribution in [-0.2, 0) is 4.79 Å². The van der Waals surface area contributed by atoms with Gasteiger partial charge in [0.05, 0.1) is 38.2 Å². The predicted octanol–water partition coefficient (Wildman–Crippen LogP) is 6.25. The Labute approximate surface area is 244 Å². The lowest BCUT2D eigenvalue weighted by atomic mass is 9.84. The van der Waals surface area contributed by atoms with Crippen LogP contribution < -0.4 is 24.6 Å². The van der Waals surface area contributed by atoms with E-state index in [9.17, 15) is 22.4 Å². The maximum absolute atomic E-state index is 14.6. The van der Waals surface area contributed by atoms with Crippen molar-refractivity contribution in [2.75, 3.05) is 29.3 Å². The Bertz CT molecular complexity index is 1670. The number of methoxy groups -OCH3 is 2. The molecule has 10 nitrogen and oxygen atoms in total. The third-order valence-electron chi connectivity index (χ3n) is 8.17. The minimum Gasteiger partial charge on any atom is -0.493 e. The fourth-order valence-corrected chi connectivity index (χ4v) is 6.00. The third kappa shape index (κ3) is 5.14. The Hall–Kier alpha value is -4.62. The molecule has 4 aromatic rings. The van der Waals surface area contributed by atoms with Crippen molar-refractivity contribution in [2.45, 2.75) is 50.9 Å². The van der Waals surface area contributed by atoms with Gasteiger partial charge in [-0.05, 0) is 56.9 Å². The number of alkyl halides is 3. The van der Waals surface area contributed by atoms with E-state index in [1.54, 1.807) is 36.1 Å². The number of aromatic amines is 1. The Morgan fingerprint density at radius 2 is 1.77 bits per heavy atom. The molecule has 1 aliphatic heterocycles. The van der Waals surface area contributed by atoms with Crippen molar-refractivity contribution in [1.29, 1.82) is 0 Å². The quantitative estimate of drug-likeness (QED) is 0.251. The molecule has 0 spiro atoms. The molecule has 1 amide bonds. The summed E-state index contributed by atoms with van der Waals surface area (Å²) in [6.45, 7) is 1.71. The van der Waals surface area contributed by atoms with Crippen molar-refractivity contribution in [2.24, 2.45) is 5.92 Å². The molecule has 2 aromatic heterocycles. The van der Waals surface area contributed by atoms with Gasteiger partial charge in [0.15, 0.2) is 23.1 Å². The summed E-state index contributed by atoms with van der Waals surface area (Å²) < 4.78 is 65.8. The number of nitrogens with zero attached hydrogens (tertiary/aromatic N) is 5. The summed E-state index contributed by atoms with van der Waals surface area (Å²) >= 11 is 0. The Morgan fingerprint density at radius 3 is 2.47 bits per heavy atom. The highest BCUT2D eigenvalue weighted by Crippen LogP contribution is 2.46. The molecule has 1 fully saturated rings. The van der Waals surface area contributed by atoms with E-state index in [4.69, 9.17) is 14.5 Å². The number of nitrogens with one attached hydrogen (secondary N) is 2. The summed E-state index contributed by atoms with van der Waals surface area (Å²) in [6, 6.07) is 6.89. The van der Waals surface area contributed by atoms with Gasteiger partial charge < -0.3 is 19.7 Å². The van der Waals surface area contributed by atoms with Crippen molar-refractivity contribution >= 4 is 45.6 Å². The van der Waals surface area contributed by atoms with Gasteiger partial charge in [-0.1, -0.05) is 0 Å². The number of anilines is 5. The number of carbonyl (C=O) groups excluding carboxylic acids is 1. The van der Waals surface area contributed by atoms with Gasteiger partial charge in [0, 0.05) is 23.2 Å². The van der Waals surface area contributed by atoms with Crippen LogP contribution in [0.4, 0.5) is 46.4 Å². The van der Waals surface area contributed by atoms with Gasteiger partial charge in [0.1, 0.15) is 17.2 Å². The average Bonchev–Trinajstić information content (AvgIpc) is 3.47. The molecular formula is C29H29F4N7O3. The van der Waals surface area contributed by atoms with E-state index in [0.29, 0.717) is 39.8 Å². The molecule has 43 heavy (non-hydrogen) atoms. The first-order valence-corrected chi connectivity index (χ1v) is 13.8. The molecular weight excluding hydrogens is 570 g/mol. The second kappa shape index (κ2) is 10.9. The van der Waals surface area contributed by atoms with Crippen molar-refractivity contribution in [3.63, 3.8) is 0 Å². The third-order valence-corrected chi connectivity index (χ3v) is 8.17. The zero-order valence-corrected chi connectivity index (χ0v) is 23.6. The molecule has 1 aliphatic carbocycles. The Balaban J connectivity index is 1.41. The Morgan fingerprint density at radius 1 is 1.02 bits per heavy atom. The summed E-state index contributed by atoms with van der Waals surface area (Å²) in [5, 5.41) is 10.0. The lowest BCUT2D eigenvalue weighted by Gasteiger charge is -2.46. The molecule has 14 heteroatoms. The van der Waals surface area contributed by atoms with Gasteiger partial charge in [-0.25, -0.2) is 9.37 Å². The largest absolute Gasteiger partial charge is 0.493 e. The van der Waals surface area contributed by atoms with Gasteiger partial charge >= 0.3 is 6.18 Å². The van der Waals surface area contributed by atoms with Crippen LogP contribution in [0.3, 0.4) is 0 Å². The monoisotopic (exact) mass is 599 g/mol. The van der Waals surface area contributed by atoms with Gasteiger partial charge in [-0.2, -0.15) is 23.3 Å². The predicted molar refractivity (Wildman–Crippen MR) is 152 cm³/mol. The van der Waals surface area contributed by atoms with Gasteiger partial charge in [-0.3, -0.25) is 14.8 Å². The van der Waals surface area contributed by atoms with Crippen LogP contribution in [-0.4, -0.2) is 58.6 Å². The van der Waals surface area contributed by atoms with Crippen LogP contribution in [0.2, 0.25) is 0 Å². The summed E-state index contributed by atoms with van der Waals surface area (Å²) in [7, 11) is 2.99. The number of benzene rings is 2. The van der Waals surface area contributed by atoms with E-state index in [1.807, 2.05) is 0 Å². The fraction of sp³-hybridized carbons (Fsp3) is 0.379. The molecule has 2 aromatic carbocycles. The highest BCUT2D eigenvalue weighted by atomic mass is 19.4. The maximum Gasteiger partial charge on any atom is 0.391 e. The molecule has 3 heterocycles. The topological polar surface area (TPSA) is 109 Å². The first kappa shape index (κ1) is 28.5. The van der Waals surface area contributed by atoms with Gasteiger partial charge in [0.25, 0.3) is 5.91 Å². The van der Waals surface area contributed by atoms with Crippen molar-refractivity contribution in [3.05, 3.63) is 48.5 Å². The van der Waals surface area contributed by atoms with Crippen molar-refractivity contribution < 1.29 is 31.8 Å². The zero-order chi connectivity index (χ0) is 30.5. The second-order valence-electron chi connectivity index (χ2n) is 10.7. The number of hydrogen-bond donors (Lipinski definition) is 2.